The van der Waals surface area contributed by atoms with Crippen LogP contribution in [0.15, 0.2) is 29.2 Å². The Hall–Kier alpha value is -1.02. The van der Waals surface area contributed by atoms with Gasteiger partial charge in [0.15, 0.2) is 0 Å². The highest BCUT2D eigenvalue weighted by Gasteiger charge is 2.34. The molecule has 5 nitrogen and oxygen atoms in total. The number of hydrogen-bond acceptors (Lipinski definition) is 4. The van der Waals surface area contributed by atoms with E-state index in [1.807, 2.05) is 0 Å². The molecule has 0 spiro atoms. The number of β-amino-alcohol motifs (C(OH)–C–C–N with tert-alkyl or cyclic N) is 1. The van der Waals surface area contributed by atoms with Gasteiger partial charge in [-0.25, -0.2) is 12.8 Å². The summed E-state index contributed by atoms with van der Waals surface area (Å²) in [5.74, 6) is -0.547. The molecule has 1 aliphatic carbocycles. The van der Waals surface area contributed by atoms with Crippen LogP contribution in [0.1, 0.15) is 32.1 Å². The molecule has 1 saturated carbocycles. The fraction of sp³-hybridized carbons (Fsp3) is 0.647. The van der Waals surface area contributed by atoms with E-state index in [1.165, 1.54) is 28.9 Å². The normalized spacial score (nSPS) is 23.2. The van der Waals surface area contributed by atoms with Crippen LogP contribution in [0.5, 0.6) is 0 Å². The summed E-state index contributed by atoms with van der Waals surface area (Å²) in [6.07, 6.45) is 4.96. The van der Waals surface area contributed by atoms with Crippen LogP contribution in [0.25, 0.3) is 0 Å². The van der Waals surface area contributed by atoms with E-state index in [4.69, 9.17) is 0 Å². The third-order valence-electron chi connectivity index (χ3n) is 5.07. The first-order valence-corrected chi connectivity index (χ1v) is 10.0. The summed E-state index contributed by atoms with van der Waals surface area (Å²) in [7, 11) is -3.65. The third-order valence-corrected chi connectivity index (χ3v) is 6.96. The minimum atomic E-state index is -3.65. The molecule has 1 saturated heterocycles. The zero-order valence-corrected chi connectivity index (χ0v) is 14.6. The molecular formula is C17H25FN2O3S. The van der Waals surface area contributed by atoms with Crippen molar-refractivity contribution in [2.24, 2.45) is 0 Å². The first-order valence-electron chi connectivity index (χ1n) is 8.60. The highest BCUT2D eigenvalue weighted by Crippen LogP contribution is 2.29. The molecule has 0 aromatic heterocycles. The molecule has 0 unspecified atom stereocenters. The smallest absolute Gasteiger partial charge is 0.243 e. The summed E-state index contributed by atoms with van der Waals surface area (Å²) < 4.78 is 39.9. The van der Waals surface area contributed by atoms with Gasteiger partial charge in [0.1, 0.15) is 5.82 Å². The number of nitrogens with zero attached hydrogens (tertiary/aromatic N) is 2. The van der Waals surface area contributed by atoms with Gasteiger partial charge in [0.25, 0.3) is 0 Å². The fourth-order valence-electron chi connectivity index (χ4n) is 3.69. The van der Waals surface area contributed by atoms with Gasteiger partial charge in [-0.2, -0.15) is 4.31 Å². The van der Waals surface area contributed by atoms with Gasteiger partial charge >= 0.3 is 0 Å². The minimum Gasteiger partial charge on any atom is -0.389 e. The Labute approximate surface area is 143 Å². The van der Waals surface area contributed by atoms with E-state index in [-0.39, 0.29) is 4.90 Å². The second kappa shape index (κ2) is 7.07. The Bertz CT molecular complexity index is 666. The topological polar surface area (TPSA) is 60.9 Å². The molecule has 1 aliphatic heterocycles. The summed E-state index contributed by atoms with van der Waals surface area (Å²) in [4.78, 5) is 2.14. The Morgan fingerprint density at radius 1 is 1.08 bits per heavy atom. The number of aliphatic hydroxyl groups is 1. The number of halogens is 1. The van der Waals surface area contributed by atoms with Gasteiger partial charge in [0.2, 0.25) is 10.0 Å². The molecule has 2 aliphatic rings. The van der Waals surface area contributed by atoms with E-state index in [0.717, 1.165) is 31.7 Å². The van der Waals surface area contributed by atoms with Gasteiger partial charge in [-0.15, -0.1) is 0 Å². The average molecular weight is 356 g/mol. The van der Waals surface area contributed by atoms with Crippen molar-refractivity contribution in [3.05, 3.63) is 30.1 Å². The molecule has 1 aromatic rings. The van der Waals surface area contributed by atoms with Crippen LogP contribution in [0.2, 0.25) is 0 Å². The van der Waals surface area contributed by atoms with E-state index >= 15 is 0 Å². The number of hydrogen-bond donors (Lipinski definition) is 1. The van der Waals surface area contributed by atoms with Crippen molar-refractivity contribution in [1.29, 1.82) is 0 Å². The number of sulfonamides is 1. The largest absolute Gasteiger partial charge is 0.389 e. The van der Waals surface area contributed by atoms with Crippen molar-refractivity contribution in [3.63, 3.8) is 0 Å². The van der Waals surface area contributed by atoms with Gasteiger partial charge in [-0.05, 0) is 31.0 Å². The van der Waals surface area contributed by atoms with Crippen LogP contribution in [0.3, 0.4) is 0 Å². The molecular weight excluding hydrogens is 331 g/mol. The second-order valence-electron chi connectivity index (χ2n) is 6.92. The van der Waals surface area contributed by atoms with Gasteiger partial charge in [-0.1, -0.05) is 25.3 Å². The van der Waals surface area contributed by atoms with Crippen LogP contribution < -0.4 is 0 Å². The lowest BCUT2D eigenvalue weighted by atomic mass is 9.84. The Balaban J connectivity index is 1.60. The highest BCUT2D eigenvalue weighted by molar-refractivity contribution is 7.89. The summed E-state index contributed by atoms with van der Waals surface area (Å²) in [6, 6.07) is 5.14. The molecule has 0 bridgehead atoms. The lowest BCUT2D eigenvalue weighted by molar-refractivity contribution is -0.0315. The minimum absolute atomic E-state index is 0.00172. The van der Waals surface area contributed by atoms with Crippen molar-refractivity contribution in [1.82, 2.24) is 9.21 Å². The van der Waals surface area contributed by atoms with Crippen molar-refractivity contribution >= 4 is 10.0 Å². The summed E-state index contributed by atoms with van der Waals surface area (Å²) in [5, 5.41) is 10.6. The molecule has 0 amide bonds. The standard InChI is InChI=1S/C17H25FN2O3S/c18-15-5-4-6-16(13-15)24(22,23)20-11-9-19(10-12-20)14-17(21)7-2-1-3-8-17/h4-6,13,21H,1-3,7-12,14H2. The highest BCUT2D eigenvalue weighted by atomic mass is 32.2. The maximum Gasteiger partial charge on any atom is 0.243 e. The molecule has 1 heterocycles. The SMILES string of the molecule is O=S(=O)(c1cccc(F)c1)N1CCN(CC2(O)CCCCC2)CC1. The number of piperazine rings is 1. The lowest BCUT2D eigenvalue weighted by Gasteiger charge is -2.40. The fourth-order valence-corrected chi connectivity index (χ4v) is 5.14. The van der Waals surface area contributed by atoms with Gasteiger partial charge in [0, 0.05) is 32.7 Å². The third kappa shape index (κ3) is 3.96. The Morgan fingerprint density at radius 2 is 1.75 bits per heavy atom. The number of rotatable bonds is 4. The monoisotopic (exact) mass is 356 g/mol. The van der Waals surface area contributed by atoms with Crippen LogP contribution in [-0.2, 0) is 10.0 Å². The molecule has 3 rings (SSSR count). The maximum absolute atomic E-state index is 13.3. The van der Waals surface area contributed by atoms with Crippen molar-refractivity contribution in [3.8, 4) is 0 Å². The van der Waals surface area contributed by atoms with E-state index in [9.17, 15) is 17.9 Å². The average Bonchev–Trinajstić information content (AvgIpc) is 2.55. The molecule has 24 heavy (non-hydrogen) atoms. The van der Waals surface area contributed by atoms with Crippen LogP contribution >= 0.6 is 0 Å². The first kappa shape index (κ1) is 17.8. The Kier molecular flexibility index (Phi) is 5.24. The van der Waals surface area contributed by atoms with Crippen molar-refractivity contribution in [2.75, 3.05) is 32.7 Å². The molecule has 0 atom stereocenters. The number of benzene rings is 1. The molecule has 1 N–H and O–H groups in total. The van der Waals surface area contributed by atoms with E-state index in [1.54, 1.807) is 0 Å². The van der Waals surface area contributed by atoms with E-state index < -0.39 is 21.4 Å². The van der Waals surface area contributed by atoms with Crippen LogP contribution in [0.4, 0.5) is 4.39 Å². The summed E-state index contributed by atoms with van der Waals surface area (Å²) in [6.45, 7) is 2.54. The van der Waals surface area contributed by atoms with Gasteiger partial charge in [-0.3, -0.25) is 4.90 Å². The van der Waals surface area contributed by atoms with Crippen molar-refractivity contribution in [2.45, 2.75) is 42.6 Å². The maximum atomic E-state index is 13.3. The molecule has 134 valence electrons. The van der Waals surface area contributed by atoms with Crippen molar-refractivity contribution < 1.29 is 17.9 Å². The summed E-state index contributed by atoms with van der Waals surface area (Å²) in [5.41, 5.74) is -0.623. The predicted molar refractivity (Wildman–Crippen MR) is 89.6 cm³/mol. The Morgan fingerprint density at radius 3 is 2.38 bits per heavy atom. The van der Waals surface area contributed by atoms with E-state index in [2.05, 4.69) is 4.90 Å². The zero-order chi connectivity index (χ0) is 17.2. The molecule has 7 heteroatoms. The molecule has 2 fully saturated rings. The quantitative estimate of drug-likeness (QED) is 0.894. The lowest BCUT2D eigenvalue weighted by Crippen LogP contribution is -2.53. The van der Waals surface area contributed by atoms with Gasteiger partial charge in [0.05, 0.1) is 10.5 Å². The van der Waals surface area contributed by atoms with Gasteiger partial charge < -0.3 is 5.11 Å². The van der Waals surface area contributed by atoms with E-state index in [0.29, 0.717) is 32.7 Å². The molecule has 1 aromatic carbocycles. The van der Waals surface area contributed by atoms with Crippen LogP contribution in [-0.4, -0.2) is 61.1 Å². The summed E-state index contributed by atoms with van der Waals surface area (Å²) >= 11 is 0. The molecule has 0 radical (unpaired) electrons. The second-order valence-corrected chi connectivity index (χ2v) is 8.86. The zero-order valence-electron chi connectivity index (χ0n) is 13.8. The predicted octanol–water partition coefficient (Wildman–Crippen LogP) is 1.83. The first-order chi connectivity index (χ1) is 11.4. The van der Waals surface area contributed by atoms with Crippen LogP contribution in [0, 0.1) is 5.82 Å².